The lowest BCUT2D eigenvalue weighted by Crippen LogP contribution is -2.47. The molecule has 0 saturated carbocycles. The Kier molecular flexibility index (Phi) is 7.28. The SMILES string of the molecule is CC[C@H](NC(=O)c1ccc(CS(=O)(=O)N2CCN(C)CC2)cc1)c1ccc(C)cc1. The molecular weight excluding hydrogens is 398 g/mol. The van der Waals surface area contributed by atoms with Gasteiger partial charge in [0.2, 0.25) is 10.0 Å². The lowest BCUT2D eigenvalue weighted by molar-refractivity contribution is 0.0935. The van der Waals surface area contributed by atoms with E-state index in [1.807, 2.05) is 45.2 Å². The van der Waals surface area contributed by atoms with Crippen LogP contribution in [0.2, 0.25) is 0 Å². The molecule has 0 spiro atoms. The maximum atomic E-state index is 12.7. The van der Waals surface area contributed by atoms with Crippen LogP contribution in [0.3, 0.4) is 0 Å². The van der Waals surface area contributed by atoms with E-state index >= 15 is 0 Å². The second-order valence-electron chi connectivity index (χ2n) is 8.00. The summed E-state index contributed by atoms with van der Waals surface area (Å²) in [5.41, 5.74) is 3.48. The van der Waals surface area contributed by atoms with E-state index in [1.54, 1.807) is 28.6 Å². The number of nitrogens with one attached hydrogen (secondary N) is 1. The van der Waals surface area contributed by atoms with Crippen molar-refractivity contribution in [2.45, 2.75) is 32.1 Å². The number of amides is 1. The number of hydrogen-bond donors (Lipinski definition) is 1. The van der Waals surface area contributed by atoms with Gasteiger partial charge in [0.05, 0.1) is 11.8 Å². The van der Waals surface area contributed by atoms with Crippen molar-refractivity contribution in [3.05, 3.63) is 70.8 Å². The van der Waals surface area contributed by atoms with Crippen molar-refractivity contribution >= 4 is 15.9 Å². The number of benzene rings is 2. The van der Waals surface area contributed by atoms with Crippen LogP contribution in [0.15, 0.2) is 48.5 Å². The van der Waals surface area contributed by atoms with Gasteiger partial charge in [-0.05, 0) is 43.7 Å². The van der Waals surface area contributed by atoms with Crippen molar-refractivity contribution in [2.24, 2.45) is 0 Å². The van der Waals surface area contributed by atoms with E-state index in [2.05, 4.69) is 10.2 Å². The lowest BCUT2D eigenvalue weighted by atomic mass is 10.0. The zero-order chi connectivity index (χ0) is 21.7. The Labute approximate surface area is 179 Å². The summed E-state index contributed by atoms with van der Waals surface area (Å²) in [6.45, 7) is 6.62. The molecule has 1 saturated heterocycles. The molecule has 1 N–H and O–H groups in total. The van der Waals surface area contributed by atoms with Crippen LogP contribution in [0.4, 0.5) is 0 Å². The highest BCUT2D eigenvalue weighted by Crippen LogP contribution is 2.19. The van der Waals surface area contributed by atoms with E-state index in [0.717, 1.165) is 25.1 Å². The fourth-order valence-electron chi connectivity index (χ4n) is 3.58. The molecule has 1 amide bonds. The van der Waals surface area contributed by atoms with E-state index in [-0.39, 0.29) is 17.7 Å². The Hall–Kier alpha value is -2.22. The van der Waals surface area contributed by atoms with Gasteiger partial charge < -0.3 is 10.2 Å². The monoisotopic (exact) mass is 429 g/mol. The van der Waals surface area contributed by atoms with Crippen LogP contribution >= 0.6 is 0 Å². The number of carbonyl (C=O) groups is 1. The van der Waals surface area contributed by atoms with E-state index < -0.39 is 10.0 Å². The maximum absolute atomic E-state index is 12.7. The van der Waals surface area contributed by atoms with Crippen molar-refractivity contribution in [3.8, 4) is 0 Å². The van der Waals surface area contributed by atoms with Crippen LogP contribution < -0.4 is 5.32 Å². The number of carbonyl (C=O) groups excluding carboxylic acids is 1. The van der Waals surface area contributed by atoms with Gasteiger partial charge >= 0.3 is 0 Å². The van der Waals surface area contributed by atoms with Gasteiger partial charge in [0.1, 0.15) is 0 Å². The molecule has 1 fully saturated rings. The fourth-order valence-corrected chi connectivity index (χ4v) is 5.10. The number of hydrogen-bond acceptors (Lipinski definition) is 4. The summed E-state index contributed by atoms with van der Waals surface area (Å²) in [7, 11) is -1.35. The zero-order valence-corrected chi connectivity index (χ0v) is 18.8. The number of aryl methyl sites for hydroxylation is 1. The summed E-state index contributed by atoms with van der Waals surface area (Å²) in [6, 6.07) is 15.0. The minimum absolute atomic E-state index is 0.0421. The van der Waals surface area contributed by atoms with Crippen LogP contribution in [0.25, 0.3) is 0 Å². The van der Waals surface area contributed by atoms with Gasteiger partial charge in [-0.3, -0.25) is 4.79 Å². The molecule has 6 nitrogen and oxygen atoms in total. The quantitative estimate of drug-likeness (QED) is 0.735. The Balaban J connectivity index is 1.63. The second-order valence-corrected chi connectivity index (χ2v) is 9.97. The molecule has 3 rings (SSSR count). The molecule has 162 valence electrons. The number of sulfonamides is 1. The Morgan fingerprint density at radius 1 is 1.00 bits per heavy atom. The summed E-state index contributed by atoms with van der Waals surface area (Å²) in [4.78, 5) is 14.8. The first-order chi connectivity index (χ1) is 14.3. The predicted octanol–water partition coefficient (Wildman–Crippen LogP) is 2.95. The molecule has 0 aliphatic carbocycles. The number of rotatable bonds is 7. The van der Waals surface area contributed by atoms with Crippen molar-refractivity contribution in [2.75, 3.05) is 33.2 Å². The van der Waals surface area contributed by atoms with Crippen LogP contribution in [0.5, 0.6) is 0 Å². The normalized spacial score (nSPS) is 16.9. The van der Waals surface area contributed by atoms with E-state index in [9.17, 15) is 13.2 Å². The van der Waals surface area contributed by atoms with Crippen LogP contribution in [0.1, 0.15) is 46.4 Å². The molecule has 1 heterocycles. The average Bonchev–Trinajstić information content (AvgIpc) is 2.73. The third kappa shape index (κ3) is 5.68. The maximum Gasteiger partial charge on any atom is 0.251 e. The van der Waals surface area contributed by atoms with Crippen LogP contribution in [-0.2, 0) is 15.8 Å². The Morgan fingerprint density at radius 2 is 1.60 bits per heavy atom. The molecule has 1 aliphatic heterocycles. The summed E-state index contributed by atoms with van der Waals surface area (Å²) < 4.78 is 26.9. The average molecular weight is 430 g/mol. The fraction of sp³-hybridized carbons (Fsp3) is 0.435. The molecular formula is C23H31N3O3S. The number of nitrogens with zero attached hydrogens (tertiary/aromatic N) is 2. The molecule has 30 heavy (non-hydrogen) atoms. The van der Waals surface area contributed by atoms with Gasteiger partial charge in [-0.25, -0.2) is 8.42 Å². The van der Waals surface area contributed by atoms with E-state index in [0.29, 0.717) is 24.2 Å². The minimum Gasteiger partial charge on any atom is -0.345 e. The van der Waals surface area contributed by atoms with Gasteiger partial charge in [-0.2, -0.15) is 4.31 Å². The first-order valence-corrected chi connectivity index (χ1v) is 12.0. The molecule has 0 aromatic heterocycles. The van der Waals surface area contributed by atoms with Gasteiger partial charge in [0, 0.05) is 31.7 Å². The third-order valence-electron chi connectivity index (χ3n) is 5.61. The molecule has 2 aromatic rings. The molecule has 1 aliphatic rings. The molecule has 0 radical (unpaired) electrons. The van der Waals surface area contributed by atoms with E-state index in [1.165, 1.54) is 5.56 Å². The number of likely N-dealkylation sites (N-methyl/N-ethyl adjacent to an activating group) is 1. The molecule has 0 unspecified atom stereocenters. The highest BCUT2D eigenvalue weighted by atomic mass is 32.2. The first-order valence-electron chi connectivity index (χ1n) is 10.4. The summed E-state index contributed by atoms with van der Waals surface area (Å²) >= 11 is 0. The topological polar surface area (TPSA) is 69.7 Å². The van der Waals surface area contributed by atoms with Crippen molar-refractivity contribution in [1.82, 2.24) is 14.5 Å². The molecule has 2 aromatic carbocycles. The number of piperazine rings is 1. The Bertz CT molecular complexity index is 948. The summed E-state index contributed by atoms with van der Waals surface area (Å²) in [6.07, 6.45) is 0.788. The zero-order valence-electron chi connectivity index (χ0n) is 18.0. The standard InChI is InChI=1S/C23H31N3O3S/c1-4-22(20-9-5-18(2)6-10-20)24-23(27)21-11-7-19(8-12-21)17-30(28,29)26-15-13-25(3)14-16-26/h5-12,22H,4,13-17H2,1-3H3,(H,24,27)/t22-/m0/s1. The first kappa shape index (κ1) is 22.5. The summed E-state index contributed by atoms with van der Waals surface area (Å²) in [5, 5.41) is 3.07. The highest BCUT2D eigenvalue weighted by Gasteiger charge is 2.26. The van der Waals surface area contributed by atoms with Gasteiger partial charge in [0.15, 0.2) is 0 Å². The van der Waals surface area contributed by atoms with Crippen molar-refractivity contribution < 1.29 is 13.2 Å². The minimum atomic E-state index is -3.35. The molecule has 0 bridgehead atoms. The smallest absolute Gasteiger partial charge is 0.251 e. The van der Waals surface area contributed by atoms with E-state index in [4.69, 9.17) is 0 Å². The Morgan fingerprint density at radius 3 is 2.17 bits per heavy atom. The largest absolute Gasteiger partial charge is 0.345 e. The highest BCUT2D eigenvalue weighted by molar-refractivity contribution is 7.88. The van der Waals surface area contributed by atoms with Crippen LogP contribution in [0, 0.1) is 6.92 Å². The third-order valence-corrected chi connectivity index (χ3v) is 7.46. The van der Waals surface area contributed by atoms with Crippen LogP contribution in [-0.4, -0.2) is 56.8 Å². The molecule has 1 atom stereocenters. The lowest BCUT2D eigenvalue weighted by Gasteiger charge is -2.31. The van der Waals surface area contributed by atoms with Crippen molar-refractivity contribution in [1.29, 1.82) is 0 Å². The van der Waals surface area contributed by atoms with Gasteiger partial charge in [0.25, 0.3) is 5.91 Å². The predicted molar refractivity (Wildman–Crippen MR) is 120 cm³/mol. The van der Waals surface area contributed by atoms with Crippen molar-refractivity contribution in [3.63, 3.8) is 0 Å². The second kappa shape index (κ2) is 9.73. The van der Waals surface area contributed by atoms with Gasteiger partial charge in [-0.1, -0.05) is 48.9 Å². The molecule has 7 heteroatoms. The van der Waals surface area contributed by atoms with Gasteiger partial charge in [-0.15, -0.1) is 0 Å². The summed E-state index contributed by atoms with van der Waals surface area (Å²) in [5.74, 6) is -0.199.